The number of rotatable bonds is 2. The molecule has 2 N–H and O–H groups in total. The second-order valence-corrected chi connectivity index (χ2v) is 3.46. The van der Waals surface area contributed by atoms with E-state index in [2.05, 4.69) is 23.0 Å². The maximum absolute atomic E-state index is 8.96. The Hall–Kier alpha value is -1.00. The molecule has 0 aliphatic rings. The largest absolute Gasteiger partial charge is 0.345 e. The van der Waals surface area contributed by atoms with Gasteiger partial charge in [0.05, 0.1) is 4.90 Å². The average Bonchev–Trinajstić information content (AvgIpc) is 2.59. The summed E-state index contributed by atoms with van der Waals surface area (Å²) >= 11 is 0.753. The molecule has 0 radical (unpaired) electrons. The Balaban J connectivity index is 2.64. The lowest BCUT2D eigenvalue weighted by Gasteiger charge is -1.96. The van der Waals surface area contributed by atoms with E-state index in [0.29, 0.717) is 0 Å². The van der Waals surface area contributed by atoms with Crippen molar-refractivity contribution in [3.63, 3.8) is 0 Å². The number of aryl methyl sites for hydroxylation is 1. The molecular weight excluding hydrogens is 184 g/mol. The summed E-state index contributed by atoms with van der Waals surface area (Å²) in [6.07, 6.45) is 4.58. The van der Waals surface area contributed by atoms with Gasteiger partial charge in [0.15, 0.2) is 0 Å². The van der Waals surface area contributed by atoms with E-state index in [-0.39, 0.29) is 0 Å². The zero-order valence-electron chi connectivity index (χ0n) is 7.24. The van der Waals surface area contributed by atoms with Crippen LogP contribution in [0.4, 0.5) is 0 Å². The lowest BCUT2D eigenvalue weighted by atomic mass is 10.2. The van der Waals surface area contributed by atoms with Crippen LogP contribution in [0.3, 0.4) is 0 Å². The third kappa shape index (κ3) is 1.43. The van der Waals surface area contributed by atoms with Gasteiger partial charge in [-0.2, -0.15) is 0 Å². The molecule has 0 amide bonds. The fourth-order valence-corrected chi connectivity index (χ4v) is 1.66. The quantitative estimate of drug-likeness (QED) is 0.722. The molecule has 4 heteroatoms. The highest BCUT2D eigenvalue weighted by Crippen LogP contribution is 2.25. The summed E-state index contributed by atoms with van der Waals surface area (Å²) in [5.41, 5.74) is 2.01. The minimum Gasteiger partial charge on any atom is -0.345 e. The van der Waals surface area contributed by atoms with Crippen LogP contribution in [0.25, 0.3) is 11.0 Å². The zero-order chi connectivity index (χ0) is 9.26. The molecule has 2 aromatic rings. The lowest BCUT2D eigenvalue weighted by molar-refractivity contribution is 0.664. The van der Waals surface area contributed by atoms with Crippen LogP contribution in [0, 0.1) is 0 Å². The molecule has 0 saturated heterocycles. The van der Waals surface area contributed by atoms with Crippen molar-refractivity contribution in [2.45, 2.75) is 18.2 Å². The minimum atomic E-state index is 0.753. The van der Waals surface area contributed by atoms with Gasteiger partial charge in [-0.15, -0.1) is 0 Å². The summed E-state index contributed by atoms with van der Waals surface area (Å²) < 4.78 is 8.96. The molecule has 0 aromatic carbocycles. The van der Waals surface area contributed by atoms with Crippen molar-refractivity contribution in [3.8, 4) is 0 Å². The molecule has 2 heterocycles. The summed E-state index contributed by atoms with van der Waals surface area (Å²) in [4.78, 5) is 8.07. The molecule has 0 bridgehead atoms. The summed E-state index contributed by atoms with van der Waals surface area (Å²) in [5, 5.41) is 0.992. The number of aromatic nitrogens is 2. The van der Waals surface area contributed by atoms with Crippen molar-refractivity contribution in [2.24, 2.45) is 0 Å². The van der Waals surface area contributed by atoms with Crippen LogP contribution in [0.15, 0.2) is 23.4 Å². The van der Waals surface area contributed by atoms with E-state index in [1.807, 2.05) is 6.20 Å². The molecule has 0 saturated carbocycles. The predicted octanol–water partition coefficient (Wildman–Crippen LogP) is 2.69. The van der Waals surface area contributed by atoms with Crippen molar-refractivity contribution in [2.75, 3.05) is 0 Å². The maximum Gasteiger partial charge on any atom is 0.138 e. The van der Waals surface area contributed by atoms with Gasteiger partial charge in [-0.05, 0) is 18.1 Å². The van der Waals surface area contributed by atoms with Crippen molar-refractivity contribution in [1.82, 2.24) is 9.97 Å². The molecule has 0 unspecified atom stereocenters. The van der Waals surface area contributed by atoms with Crippen molar-refractivity contribution < 1.29 is 4.55 Å². The van der Waals surface area contributed by atoms with E-state index in [1.54, 1.807) is 6.20 Å². The molecule has 13 heavy (non-hydrogen) atoms. The second kappa shape index (κ2) is 3.40. The first-order valence-corrected chi connectivity index (χ1v) is 4.90. The van der Waals surface area contributed by atoms with Crippen LogP contribution in [0.2, 0.25) is 0 Å². The van der Waals surface area contributed by atoms with Gasteiger partial charge >= 0.3 is 0 Å². The Morgan fingerprint density at radius 3 is 3.15 bits per heavy atom. The highest BCUT2D eigenvalue weighted by molar-refractivity contribution is 7.94. The Labute approximate surface area is 80.4 Å². The highest BCUT2D eigenvalue weighted by Gasteiger charge is 2.04. The van der Waals surface area contributed by atoms with Crippen LogP contribution in [0.5, 0.6) is 0 Å². The number of H-pyrrole nitrogens is 1. The standard InChI is InChI=1S/C9H10N2OS/c1-2-6-3-7-8(13-12)5-11-9(7)10-4-6/h3-5,12H,2H2,1H3,(H,10,11). The predicted molar refractivity (Wildman–Crippen MR) is 54.0 cm³/mol. The first kappa shape index (κ1) is 8.59. The SMILES string of the molecule is CCc1cnc2[nH]cc(SO)c2c1. The van der Waals surface area contributed by atoms with Gasteiger partial charge in [0.2, 0.25) is 0 Å². The monoisotopic (exact) mass is 194 g/mol. The number of aromatic amines is 1. The first-order valence-electron chi connectivity index (χ1n) is 4.12. The Kier molecular flexibility index (Phi) is 2.24. The molecule has 0 spiro atoms. The average molecular weight is 194 g/mol. The van der Waals surface area contributed by atoms with Gasteiger partial charge in [0.1, 0.15) is 5.65 Å². The van der Waals surface area contributed by atoms with Crippen LogP contribution < -0.4 is 0 Å². The van der Waals surface area contributed by atoms with Crippen molar-refractivity contribution in [1.29, 1.82) is 0 Å². The Bertz CT molecular complexity index is 424. The van der Waals surface area contributed by atoms with Crippen molar-refractivity contribution >= 4 is 23.1 Å². The number of pyridine rings is 1. The fraction of sp³-hybridized carbons (Fsp3) is 0.222. The van der Waals surface area contributed by atoms with E-state index in [0.717, 1.165) is 34.4 Å². The number of fused-ring (bicyclic) bond motifs is 1. The van der Waals surface area contributed by atoms with Crippen molar-refractivity contribution in [3.05, 3.63) is 24.0 Å². The normalized spacial score (nSPS) is 10.9. The fourth-order valence-electron chi connectivity index (χ4n) is 1.29. The van der Waals surface area contributed by atoms with Gasteiger partial charge in [0.25, 0.3) is 0 Å². The van der Waals surface area contributed by atoms with Gasteiger partial charge in [-0.3, -0.25) is 0 Å². The third-order valence-corrected chi connectivity index (χ3v) is 2.59. The van der Waals surface area contributed by atoms with Crippen LogP contribution in [0.1, 0.15) is 12.5 Å². The van der Waals surface area contributed by atoms with Gasteiger partial charge in [0, 0.05) is 29.8 Å². The molecule has 0 fully saturated rings. The minimum absolute atomic E-state index is 0.753. The maximum atomic E-state index is 8.96. The number of hydrogen-bond donors (Lipinski definition) is 2. The molecule has 0 aliphatic heterocycles. The smallest absolute Gasteiger partial charge is 0.138 e. The van der Waals surface area contributed by atoms with E-state index in [4.69, 9.17) is 4.55 Å². The molecule has 68 valence electrons. The Morgan fingerprint density at radius 1 is 1.62 bits per heavy atom. The summed E-state index contributed by atoms with van der Waals surface area (Å²) in [6, 6.07) is 2.05. The Morgan fingerprint density at radius 2 is 2.46 bits per heavy atom. The number of nitrogens with one attached hydrogen (secondary N) is 1. The molecule has 2 rings (SSSR count). The van der Waals surface area contributed by atoms with Gasteiger partial charge in [-0.1, -0.05) is 6.92 Å². The van der Waals surface area contributed by atoms with E-state index < -0.39 is 0 Å². The van der Waals surface area contributed by atoms with Gasteiger partial charge in [-0.25, -0.2) is 4.98 Å². The summed E-state index contributed by atoms with van der Waals surface area (Å²) in [6.45, 7) is 2.08. The second-order valence-electron chi connectivity index (χ2n) is 2.84. The van der Waals surface area contributed by atoms with E-state index in [1.165, 1.54) is 5.56 Å². The first-order chi connectivity index (χ1) is 6.35. The molecule has 0 atom stereocenters. The lowest BCUT2D eigenvalue weighted by Crippen LogP contribution is -1.83. The van der Waals surface area contributed by atoms with Crippen LogP contribution >= 0.6 is 12.0 Å². The third-order valence-electron chi connectivity index (χ3n) is 2.06. The topological polar surface area (TPSA) is 48.9 Å². The van der Waals surface area contributed by atoms with Crippen LogP contribution in [-0.2, 0) is 6.42 Å². The van der Waals surface area contributed by atoms with E-state index in [9.17, 15) is 0 Å². The van der Waals surface area contributed by atoms with Crippen LogP contribution in [-0.4, -0.2) is 14.5 Å². The van der Waals surface area contributed by atoms with Gasteiger partial charge < -0.3 is 9.54 Å². The highest BCUT2D eigenvalue weighted by atomic mass is 32.2. The molecule has 2 aromatic heterocycles. The summed E-state index contributed by atoms with van der Waals surface area (Å²) in [7, 11) is 0. The molecule has 0 aliphatic carbocycles. The number of nitrogens with zero attached hydrogens (tertiary/aromatic N) is 1. The molecule has 3 nitrogen and oxygen atoms in total. The zero-order valence-corrected chi connectivity index (χ0v) is 8.06. The molecular formula is C9H10N2OS. The number of hydrogen-bond acceptors (Lipinski definition) is 3. The summed E-state index contributed by atoms with van der Waals surface area (Å²) in [5.74, 6) is 0. The van der Waals surface area contributed by atoms with E-state index >= 15 is 0 Å².